The maximum atomic E-state index is 13.1. The van der Waals surface area contributed by atoms with Crippen LogP contribution in [0.15, 0.2) is 70.1 Å². The molecule has 4 rings (SSSR count). The number of aryl methyl sites for hydroxylation is 1. The predicted molar refractivity (Wildman–Crippen MR) is 96.2 cm³/mol. The number of pyridine rings is 1. The number of hydrogen-bond donors (Lipinski definition) is 0. The SMILES string of the molecule is Cc1cccc(-c2nc3ncccc3o2)c1OS(=O)(=O)c1ccc(F)cc1. The number of oxazole rings is 1. The lowest BCUT2D eigenvalue weighted by Crippen LogP contribution is -2.11. The minimum Gasteiger partial charge on any atom is -0.434 e. The van der Waals surface area contributed by atoms with Crippen LogP contribution in [0.3, 0.4) is 0 Å². The van der Waals surface area contributed by atoms with E-state index in [1.165, 1.54) is 0 Å². The van der Waals surface area contributed by atoms with Crippen molar-refractivity contribution in [1.29, 1.82) is 0 Å². The van der Waals surface area contributed by atoms with Crippen LogP contribution < -0.4 is 4.18 Å². The molecule has 4 aromatic rings. The van der Waals surface area contributed by atoms with Crippen molar-refractivity contribution in [2.24, 2.45) is 0 Å². The highest BCUT2D eigenvalue weighted by Gasteiger charge is 2.23. The first-order chi connectivity index (χ1) is 12.9. The Kier molecular flexibility index (Phi) is 4.12. The molecule has 0 bridgehead atoms. The lowest BCUT2D eigenvalue weighted by molar-refractivity contribution is 0.483. The average molecular weight is 384 g/mol. The number of hydrogen-bond acceptors (Lipinski definition) is 6. The molecule has 2 aromatic carbocycles. The number of aromatic nitrogens is 2. The molecule has 0 aliphatic carbocycles. The topological polar surface area (TPSA) is 82.3 Å². The molecule has 0 saturated heterocycles. The maximum Gasteiger partial charge on any atom is 0.339 e. The summed E-state index contributed by atoms with van der Waals surface area (Å²) in [6.07, 6.45) is 1.58. The molecule has 136 valence electrons. The van der Waals surface area contributed by atoms with Crippen molar-refractivity contribution in [3.8, 4) is 17.2 Å². The summed E-state index contributed by atoms with van der Waals surface area (Å²) in [4.78, 5) is 8.25. The largest absolute Gasteiger partial charge is 0.434 e. The van der Waals surface area contributed by atoms with Crippen LogP contribution in [0.4, 0.5) is 4.39 Å². The third-order valence-electron chi connectivity index (χ3n) is 3.90. The molecule has 0 saturated carbocycles. The first kappa shape index (κ1) is 17.2. The van der Waals surface area contributed by atoms with E-state index in [4.69, 9.17) is 8.60 Å². The maximum absolute atomic E-state index is 13.1. The van der Waals surface area contributed by atoms with Crippen molar-refractivity contribution >= 4 is 21.3 Å². The second-order valence-electron chi connectivity index (χ2n) is 5.79. The van der Waals surface area contributed by atoms with Gasteiger partial charge in [0.25, 0.3) is 0 Å². The molecule has 8 heteroatoms. The second-order valence-corrected chi connectivity index (χ2v) is 7.33. The number of rotatable bonds is 4. The highest BCUT2D eigenvalue weighted by atomic mass is 32.2. The Hall–Kier alpha value is -3.26. The van der Waals surface area contributed by atoms with Crippen LogP contribution in [-0.4, -0.2) is 18.4 Å². The first-order valence-electron chi connectivity index (χ1n) is 7.96. The molecule has 0 N–H and O–H groups in total. The zero-order valence-electron chi connectivity index (χ0n) is 14.1. The Morgan fingerprint density at radius 2 is 1.81 bits per heavy atom. The molecular formula is C19H13FN2O4S. The number of fused-ring (bicyclic) bond motifs is 1. The van der Waals surface area contributed by atoms with Crippen LogP contribution >= 0.6 is 0 Å². The van der Waals surface area contributed by atoms with E-state index >= 15 is 0 Å². The molecule has 6 nitrogen and oxygen atoms in total. The van der Waals surface area contributed by atoms with Gasteiger partial charge in [0.05, 0.1) is 5.56 Å². The van der Waals surface area contributed by atoms with Gasteiger partial charge in [-0.05, 0) is 55.0 Å². The van der Waals surface area contributed by atoms with Crippen LogP contribution in [0.25, 0.3) is 22.7 Å². The molecule has 0 amide bonds. The Balaban J connectivity index is 1.80. The van der Waals surface area contributed by atoms with E-state index in [0.29, 0.717) is 22.4 Å². The van der Waals surface area contributed by atoms with E-state index in [9.17, 15) is 12.8 Å². The van der Waals surface area contributed by atoms with E-state index in [0.717, 1.165) is 24.3 Å². The van der Waals surface area contributed by atoms with E-state index in [-0.39, 0.29) is 16.5 Å². The predicted octanol–water partition coefficient (Wildman–Crippen LogP) is 4.11. The van der Waals surface area contributed by atoms with Crippen LogP contribution in [-0.2, 0) is 10.1 Å². The molecule has 0 radical (unpaired) electrons. The van der Waals surface area contributed by atoms with Crippen molar-refractivity contribution in [2.45, 2.75) is 11.8 Å². The van der Waals surface area contributed by atoms with E-state index in [2.05, 4.69) is 9.97 Å². The van der Waals surface area contributed by atoms with Crippen molar-refractivity contribution in [3.63, 3.8) is 0 Å². The summed E-state index contributed by atoms with van der Waals surface area (Å²) in [6, 6.07) is 12.9. The molecule has 0 fully saturated rings. The van der Waals surface area contributed by atoms with Gasteiger partial charge in [-0.3, -0.25) is 0 Å². The minimum absolute atomic E-state index is 0.0911. The van der Waals surface area contributed by atoms with Crippen LogP contribution in [0.1, 0.15) is 5.56 Å². The third-order valence-corrected chi connectivity index (χ3v) is 5.14. The fraction of sp³-hybridized carbons (Fsp3) is 0.0526. The molecule has 0 atom stereocenters. The van der Waals surface area contributed by atoms with Crippen molar-refractivity contribution in [3.05, 3.63) is 72.2 Å². The quantitative estimate of drug-likeness (QED) is 0.493. The van der Waals surface area contributed by atoms with E-state index < -0.39 is 15.9 Å². The number of para-hydroxylation sites is 1. The molecule has 0 aliphatic heterocycles. The van der Waals surface area contributed by atoms with Gasteiger partial charge in [0.1, 0.15) is 10.7 Å². The Morgan fingerprint density at radius 3 is 2.56 bits per heavy atom. The summed E-state index contributed by atoms with van der Waals surface area (Å²) in [5.41, 5.74) is 1.83. The number of halogens is 1. The molecule has 0 unspecified atom stereocenters. The third kappa shape index (κ3) is 3.26. The number of benzene rings is 2. The first-order valence-corrected chi connectivity index (χ1v) is 9.36. The Morgan fingerprint density at radius 1 is 1.04 bits per heavy atom. The lowest BCUT2D eigenvalue weighted by Gasteiger charge is -2.12. The summed E-state index contributed by atoms with van der Waals surface area (Å²) in [7, 11) is -4.16. The van der Waals surface area contributed by atoms with Crippen molar-refractivity contribution in [1.82, 2.24) is 9.97 Å². The van der Waals surface area contributed by atoms with Gasteiger partial charge in [-0.1, -0.05) is 12.1 Å². The lowest BCUT2D eigenvalue weighted by atomic mass is 10.1. The van der Waals surface area contributed by atoms with E-state index in [1.807, 2.05) is 0 Å². The summed E-state index contributed by atoms with van der Waals surface area (Å²) < 4.78 is 49.4. The van der Waals surface area contributed by atoms with Crippen LogP contribution in [0.5, 0.6) is 5.75 Å². The summed E-state index contributed by atoms with van der Waals surface area (Å²) in [6.45, 7) is 1.71. The van der Waals surface area contributed by atoms with Gasteiger partial charge in [-0.15, -0.1) is 0 Å². The number of nitrogens with zero attached hydrogens (tertiary/aromatic N) is 2. The van der Waals surface area contributed by atoms with Gasteiger partial charge in [0.2, 0.25) is 5.89 Å². The fourth-order valence-electron chi connectivity index (χ4n) is 2.57. The summed E-state index contributed by atoms with van der Waals surface area (Å²) in [5, 5.41) is 0. The van der Waals surface area contributed by atoms with Crippen LogP contribution in [0.2, 0.25) is 0 Å². The Bertz CT molecular complexity index is 1200. The Labute approximate surface area is 154 Å². The highest BCUT2D eigenvalue weighted by molar-refractivity contribution is 7.87. The standard InChI is InChI=1S/C19H13FN2O4S/c1-12-4-2-5-15(19-22-18-16(25-19)6-3-11-21-18)17(12)26-27(23,24)14-9-7-13(20)8-10-14/h2-11H,1H3. The zero-order valence-corrected chi connectivity index (χ0v) is 14.9. The van der Waals surface area contributed by atoms with Gasteiger partial charge < -0.3 is 8.60 Å². The fourth-order valence-corrected chi connectivity index (χ4v) is 3.58. The van der Waals surface area contributed by atoms with E-state index in [1.54, 1.807) is 43.5 Å². The van der Waals surface area contributed by atoms with Gasteiger partial charge in [-0.25, -0.2) is 9.37 Å². The summed E-state index contributed by atoms with van der Waals surface area (Å²) in [5.74, 6) is -0.255. The van der Waals surface area contributed by atoms with Crippen LogP contribution in [0, 0.1) is 12.7 Å². The highest BCUT2D eigenvalue weighted by Crippen LogP contribution is 2.35. The second kappa shape index (κ2) is 6.48. The van der Waals surface area contributed by atoms with Gasteiger partial charge in [0, 0.05) is 6.20 Å². The molecule has 2 aromatic heterocycles. The zero-order chi connectivity index (χ0) is 19.0. The van der Waals surface area contributed by atoms with Gasteiger partial charge in [0.15, 0.2) is 17.0 Å². The molecular weight excluding hydrogens is 371 g/mol. The monoisotopic (exact) mass is 384 g/mol. The van der Waals surface area contributed by atoms with Crippen molar-refractivity contribution in [2.75, 3.05) is 0 Å². The smallest absolute Gasteiger partial charge is 0.339 e. The molecule has 0 aliphatic rings. The average Bonchev–Trinajstić information content (AvgIpc) is 3.07. The van der Waals surface area contributed by atoms with Gasteiger partial charge >= 0.3 is 10.1 Å². The molecule has 27 heavy (non-hydrogen) atoms. The van der Waals surface area contributed by atoms with Crippen molar-refractivity contribution < 1.29 is 21.4 Å². The minimum atomic E-state index is -4.16. The molecule has 2 heterocycles. The van der Waals surface area contributed by atoms with Gasteiger partial charge in [-0.2, -0.15) is 13.4 Å². The molecule has 0 spiro atoms. The summed E-state index contributed by atoms with van der Waals surface area (Å²) >= 11 is 0. The normalized spacial score (nSPS) is 11.6.